The molecule has 0 fully saturated rings. The van der Waals surface area contributed by atoms with Crippen molar-refractivity contribution in [2.75, 3.05) is 0 Å². The van der Waals surface area contributed by atoms with E-state index in [9.17, 15) is 0 Å². The van der Waals surface area contributed by atoms with Crippen molar-refractivity contribution in [2.45, 2.75) is 83.1 Å². The van der Waals surface area contributed by atoms with E-state index in [0.717, 1.165) is 56.0 Å². The molecule has 0 saturated carbocycles. The lowest BCUT2D eigenvalue weighted by Gasteiger charge is -1.89. The molecule has 0 aliphatic heterocycles. The van der Waals surface area contributed by atoms with Crippen LogP contribution in [0.3, 0.4) is 0 Å². The van der Waals surface area contributed by atoms with Crippen molar-refractivity contribution < 1.29 is 4.42 Å². The Labute approximate surface area is 414 Å². The van der Waals surface area contributed by atoms with Crippen LogP contribution < -0.4 is 0 Å². The molecule has 0 amide bonds. The summed E-state index contributed by atoms with van der Waals surface area (Å²) in [5.74, 6) is 2.59. The Morgan fingerprint density at radius 1 is 0.507 bits per heavy atom. The Hall–Kier alpha value is -7.71. The molecular formula is C49H65N17OS2. The molecule has 69 heavy (non-hydrogen) atoms. The van der Waals surface area contributed by atoms with Gasteiger partial charge in [0, 0.05) is 118 Å². The maximum absolute atomic E-state index is 4.72. The maximum Gasteiger partial charge on any atom is 0.190 e. The number of aromatic nitrogens is 17. The number of oxazole rings is 1. The van der Waals surface area contributed by atoms with Gasteiger partial charge in [-0.2, -0.15) is 15.3 Å². The predicted molar refractivity (Wildman–Crippen MR) is 274 cm³/mol. The van der Waals surface area contributed by atoms with Gasteiger partial charge in [0.1, 0.15) is 30.6 Å². The second-order valence-corrected chi connectivity index (χ2v) is 16.6. The first-order valence-corrected chi connectivity index (χ1v) is 22.9. The number of imidazole rings is 1. The Morgan fingerprint density at radius 3 is 1.43 bits per heavy atom. The number of rotatable bonds is 0. The lowest BCUT2D eigenvalue weighted by Crippen LogP contribution is -1.86. The largest absolute Gasteiger partial charge is 0.449 e. The second kappa shape index (κ2) is 37.4. The van der Waals surface area contributed by atoms with Crippen molar-refractivity contribution in [3.63, 3.8) is 0 Å². The lowest BCUT2D eigenvalue weighted by molar-refractivity contribution is 0.521. The van der Waals surface area contributed by atoms with Gasteiger partial charge in [-0.15, -0.1) is 22.7 Å². The monoisotopic (exact) mass is 971 g/mol. The first kappa shape index (κ1) is 59.3. The average molecular weight is 972 g/mol. The molecule has 18 nitrogen and oxygen atoms in total. The Kier molecular flexibility index (Phi) is 32.1. The van der Waals surface area contributed by atoms with Crippen LogP contribution in [-0.2, 0) is 14.1 Å². The third kappa shape index (κ3) is 35.2. The molecule has 20 heteroatoms. The van der Waals surface area contributed by atoms with Crippen molar-refractivity contribution in [3.8, 4) is 0 Å². The fraction of sp³-hybridized carbons (Fsp3) is 0.286. The molecule has 0 aromatic carbocycles. The topological polar surface area (TPSA) is 216 Å². The van der Waals surface area contributed by atoms with E-state index in [1.165, 1.54) is 16.8 Å². The first-order valence-electron chi connectivity index (χ1n) is 21.2. The lowest BCUT2D eigenvalue weighted by atomic mass is 10.3. The number of thiazole rings is 2. The molecule has 0 unspecified atom stereocenters. The van der Waals surface area contributed by atoms with Crippen molar-refractivity contribution in [1.29, 1.82) is 0 Å². The number of aryl methyl sites for hydroxylation is 14. The Morgan fingerprint density at radius 2 is 1.20 bits per heavy atom. The highest BCUT2D eigenvalue weighted by atomic mass is 32.1. The number of hydrogen-bond acceptors (Lipinski definition) is 18. The van der Waals surface area contributed by atoms with Gasteiger partial charge < -0.3 is 8.98 Å². The minimum atomic E-state index is 0.718. The normalized spacial score (nSPS) is 9.01. The molecular weight excluding hydrogens is 907 g/mol. The quantitative estimate of drug-likeness (QED) is 0.138. The summed E-state index contributed by atoms with van der Waals surface area (Å²) in [6.07, 6.45) is 29.3. The highest BCUT2D eigenvalue weighted by Gasteiger charge is 1.87. The molecule has 0 N–H and O–H groups in total. The van der Waals surface area contributed by atoms with Gasteiger partial charge >= 0.3 is 0 Å². The number of nitrogens with zero attached hydrogens (tertiary/aromatic N) is 17. The van der Waals surface area contributed by atoms with Gasteiger partial charge in [0.05, 0.1) is 39.0 Å². The van der Waals surface area contributed by atoms with Gasteiger partial charge in [-0.3, -0.25) is 34.6 Å². The summed E-state index contributed by atoms with van der Waals surface area (Å²) in [5.41, 5.74) is 6.16. The summed E-state index contributed by atoms with van der Waals surface area (Å²) in [4.78, 5) is 48.2. The SMILES string of the molecule is Cc1ccc(C)nc1.Cc1cccnn1.Cc1cnc(C)cn1.Cc1cnc(C)s1.Cc1cnccn1.Cc1ncccn1.Cc1nccn1C.Cc1ncco1.Cc1nccs1.Cn1cncn1. The van der Waals surface area contributed by atoms with E-state index in [4.69, 9.17) is 4.42 Å². The van der Waals surface area contributed by atoms with Crippen LogP contribution in [0.15, 0.2) is 146 Å². The zero-order chi connectivity index (χ0) is 51.1. The zero-order valence-electron chi connectivity index (χ0n) is 42.1. The molecule has 10 heterocycles. The highest BCUT2D eigenvalue weighted by molar-refractivity contribution is 7.11. The standard InChI is InChI=1S/C7H9N.C6H8N2.C5H8N2.3C5H6N2.C5H7NS.C4H5NO.C4H5NS.C3H5N3/c1-6-3-4-7(2)8-5-6;1-5-3-8-6(2)4-7-5;1-5-6-3-4-7(5)2;1-5-4-6-2-3-7-5;1-5-6-3-2-4-7-5;1-5-3-2-4-6-7-5;1-4-3-6-5(2)7-4;2*1-4-5-2-3-6-4;1-6-3-4-2-5-6/h3-5H,1-2H3;3-4H,1-2H3;3-4H,1-2H3;3*2-4H,1H3;3H,1-2H3;3*2-3H,1H3. The minimum absolute atomic E-state index is 0.718. The van der Waals surface area contributed by atoms with Crippen molar-refractivity contribution in [3.05, 3.63) is 208 Å². The fourth-order valence-electron chi connectivity index (χ4n) is 3.89. The van der Waals surface area contributed by atoms with Gasteiger partial charge in [0.25, 0.3) is 0 Å². The summed E-state index contributed by atoms with van der Waals surface area (Å²) < 4.78 is 8.33. The number of hydrogen-bond donors (Lipinski definition) is 0. The van der Waals surface area contributed by atoms with Gasteiger partial charge in [0.15, 0.2) is 5.89 Å². The van der Waals surface area contributed by atoms with Crippen LogP contribution in [0.5, 0.6) is 0 Å². The molecule has 0 radical (unpaired) electrons. The smallest absolute Gasteiger partial charge is 0.190 e. The molecule has 0 aliphatic rings. The van der Waals surface area contributed by atoms with E-state index in [2.05, 4.69) is 88.1 Å². The van der Waals surface area contributed by atoms with Crippen LogP contribution in [0.25, 0.3) is 0 Å². The second-order valence-electron chi connectivity index (χ2n) is 14.0. The van der Waals surface area contributed by atoms with Gasteiger partial charge in [0.2, 0.25) is 0 Å². The predicted octanol–water partition coefficient (Wildman–Crippen LogP) is 9.89. The minimum Gasteiger partial charge on any atom is -0.449 e. The van der Waals surface area contributed by atoms with Crippen LogP contribution in [0.4, 0.5) is 0 Å². The molecule has 0 bridgehead atoms. The Bertz CT molecular complexity index is 2340. The van der Waals surface area contributed by atoms with Gasteiger partial charge in [-0.1, -0.05) is 6.07 Å². The van der Waals surface area contributed by atoms with Crippen LogP contribution in [0.2, 0.25) is 0 Å². The summed E-state index contributed by atoms with van der Waals surface area (Å²) >= 11 is 3.40. The van der Waals surface area contributed by atoms with E-state index in [0.29, 0.717) is 0 Å². The summed E-state index contributed by atoms with van der Waals surface area (Å²) in [6, 6.07) is 9.64. The molecule has 0 saturated heterocycles. The van der Waals surface area contributed by atoms with E-state index in [-0.39, 0.29) is 0 Å². The van der Waals surface area contributed by atoms with E-state index < -0.39 is 0 Å². The molecule has 10 aromatic rings. The molecule has 0 aliphatic carbocycles. The summed E-state index contributed by atoms with van der Waals surface area (Å²) in [7, 11) is 3.80. The van der Waals surface area contributed by atoms with Crippen molar-refractivity contribution >= 4 is 22.7 Å². The number of pyridine rings is 1. The highest BCUT2D eigenvalue weighted by Crippen LogP contribution is 2.08. The van der Waals surface area contributed by atoms with Crippen molar-refractivity contribution in [1.82, 2.24) is 84.4 Å². The van der Waals surface area contributed by atoms with E-state index >= 15 is 0 Å². The molecule has 0 spiro atoms. The van der Waals surface area contributed by atoms with E-state index in [1.807, 2.05) is 130 Å². The molecule has 0 atom stereocenters. The first-order chi connectivity index (χ1) is 33.0. The maximum atomic E-state index is 4.72. The fourth-order valence-corrected chi connectivity index (χ4v) is 5.01. The van der Waals surface area contributed by atoms with Gasteiger partial charge in [-0.05, 0) is 106 Å². The summed E-state index contributed by atoms with van der Waals surface area (Å²) in [6.45, 7) is 23.4. The van der Waals surface area contributed by atoms with Gasteiger partial charge in [-0.25, -0.2) is 29.9 Å². The van der Waals surface area contributed by atoms with Crippen LogP contribution in [0.1, 0.15) is 66.5 Å². The third-order valence-electron chi connectivity index (χ3n) is 7.51. The van der Waals surface area contributed by atoms with Crippen LogP contribution in [0, 0.1) is 83.1 Å². The molecule has 10 rings (SSSR count). The Balaban J connectivity index is 0.000000384. The average Bonchev–Trinajstić information content (AvgIpc) is 4.23. The molecule has 364 valence electrons. The summed E-state index contributed by atoms with van der Waals surface area (Å²) in [5, 5.41) is 15.3. The van der Waals surface area contributed by atoms with E-state index in [1.54, 1.807) is 121 Å². The van der Waals surface area contributed by atoms with Crippen LogP contribution in [-0.4, -0.2) is 84.4 Å². The third-order valence-corrected chi connectivity index (χ3v) is 9.04. The van der Waals surface area contributed by atoms with Crippen molar-refractivity contribution in [2.24, 2.45) is 14.1 Å². The zero-order valence-corrected chi connectivity index (χ0v) is 43.7. The molecule has 10 aromatic heterocycles. The van der Waals surface area contributed by atoms with Crippen LogP contribution >= 0.6 is 22.7 Å².